The van der Waals surface area contributed by atoms with Crippen LogP contribution in [-0.4, -0.2) is 23.9 Å². The number of carbonyl (C=O) groups is 4. The summed E-state index contributed by atoms with van der Waals surface area (Å²) in [5, 5.41) is 0. The lowest BCUT2D eigenvalue weighted by atomic mass is 9.97. The van der Waals surface area contributed by atoms with Gasteiger partial charge in [-0.3, -0.25) is 0 Å². The molecule has 3 aromatic carbocycles. The third-order valence-electron chi connectivity index (χ3n) is 6.45. The molecule has 0 N–H and O–H groups in total. The van der Waals surface area contributed by atoms with Crippen molar-refractivity contribution in [3.05, 3.63) is 108 Å². The molecule has 0 aliphatic heterocycles. The van der Waals surface area contributed by atoms with Gasteiger partial charge in [-0.25, -0.2) is 19.2 Å². The van der Waals surface area contributed by atoms with Crippen LogP contribution in [0.2, 0.25) is 0 Å². The van der Waals surface area contributed by atoms with E-state index in [1.165, 1.54) is 0 Å². The van der Waals surface area contributed by atoms with Gasteiger partial charge in [0.25, 0.3) is 0 Å². The van der Waals surface area contributed by atoms with E-state index < -0.39 is 23.9 Å². The lowest BCUT2D eigenvalue weighted by Crippen LogP contribution is -2.12. The average molecular weight is 595 g/mol. The largest absolute Gasteiger partial charge is 0.423 e. The maximum atomic E-state index is 12.9. The van der Waals surface area contributed by atoms with Crippen LogP contribution < -0.4 is 18.9 Å². The van der Waals surface area contributed by atoms with E-state index in [4.69, 9.17) is 18.9 Å². The Morgan fingerprint density at radius 3 is 1.11 bits per heavy atom. The highest BCUT2D eigenvalue weighted by molar-refractivity contribution is 5.94. The molecule has 0 bridgehead atoms. The number of carbonyl (C=O) groups excluding carboxylic acids is 4. The molecule has 0 saturated heterocycles. The van der Waals surface area contributed by atoms with Gasteiger partial charge in [0, 0.05) is 33.4 Å². The third-order valence-corrected chi connectivity index (χ3v) is 6.45. The zero-order valence-corrected chi connectivity index (χ0v) is 25.6. The lowest BCUT2D eigenvalue weighted by Gasteiger charge is -2.18. The second kappa shape index (κ2) is 14.6. The van der Waals surface area contributed by atoms with Crippen molar-refractivity contribution in [3.8, 4) is 45.3 Å². The van der Waals surface area contributed by atoms with Crippen LogP contribution in [-0.2, 0) is 19.2 Å². The minimum absolute atomic E-state index is 0.193. The molecule has 44 heavy (non-hydrogen) atoms. The minimum atomic E-state index is -0.566. The molecule has 0 fully saturated rings. The van der Waals surface area contributed by atoms with E-state index >= 15 is 0 Å². The van der Waals surface area contributed by atoms with Crippen LogP contribution in [0.4, 0.5) is 0 Å². The van der Waals surface area contributed by atoms with Crippen molar-refractivity contribution >= 4 is 23.9 Å². The monoisotopic (exact) mass is 594 g/mol. The number of hydrogen-bond acceptors (Lipinski definition) is 8. The summed E-state index contributed by atoms with van der Waals surface area (Å²) in [4.78, 5) is 49.7. The molecule has 0 spiro atoms. The molecular weight excluding hydrogens is 560 g/mol. The van der Waals surface area contributed by atoms with Gasteiger partial charge in [0.2, 0.25) is 0 Å². The van der Waals surface area contributed by atoms with Gasteiger partial charge < -0.3 is 18.9 Å². The predicted octanol–water partition coefficient (Wildman–Crippen LogP) is 7.73. The predicted molar refractivity (Wildman–Crippen MR) is 168 cm³/mol. The number of ether oxygens (including phenoxy) is 4. The smallest absolute Gasteiger partial charge is 0.338 e. The molecular formula is C36H34O8. The fourth-order valence-electron chi connectivity index (χ4n) is 3.57. The summed E-state index contributed by atoms with van der Waals surface area (Å²) in [6, 6.07) is 16.3. The fourth-order valence-corrected chi connectivity index (χ4v) is 3.57. The highest BCUT2D eigenvalue weighted by Gasteiger charge is 2.21. The molecule has 0 saturated carbocycles. The summed E-state index contributed by atoms with van der Waals surface area (Å²) in [5.41, 5.74) is 3.36. The van der Waals surface area contributed by atoms with Gasteiger partial charge in [-0.2, -0.15) is 0 Å². The molecule has 0 aromatic heterocycles. The Morgan fingerprint density at radius 1 is 0.523 bits per heavy atom. The van der Waals surface area contributed by atoms with Crippen molar-refractivity contribution in [2.24, 2.45) is 0 Å². The van der Waals surface area contributed by atoms with Crippen LogP contribution >= 0.6 is 0 Å². The van der Waals surface area contributed by atoms with Crippen LogP contribution in [0.3, 0.4) is 0 Å². The quantitative estimate of drug-likeness (QED) is 0.133. The summed E-state index contributed by atoms with van der Waals surface area (Å²) >= 11 is 0. The highest BCUT2D eigenvalue weighted by Crippen LogP contribution is 2.42. The molecule has 8 heteroatoms. The minimum Gasteiger partial charge on any atom is -0.423 e. The van der Waals surface area contributed by atoms with Crippen molar-refractivity contribution in [2.75, 3.05) is 0 Å². The first-order chi connectivity index (χ1) is 20.8. The summed E-state index contributed by atoms with van der Waals surface area (Å²) in [6.45, 7) is 17.0. The zero-order valence-electron chi connectivity index (χ0n) is 25.6. The molecule has 0 heterocycles. The van der Waals surface area contributed by atoms with Crippen LogP contribution in [0, 0.1) is 0 Å². The molecule has 0 aliphatic rings. The van der Waals surface area contributed by atoms with Crippen molar-refractivity contribution in [1.29, 1.82) is 0 Å². The van der Waals surface area contributed by atoms with Crippen LogP contribution in [0.25, 0.3) is 22.3 Å². The molecule has 3 rings (SSSR count). The fraction of sp³-hybridized carbons (Fsp3) is 0.167. The van der Waals surface area contributed by atoms with Gasteiger partial charge in [0.05, 0.1) is 0 Å². The van der Waals surface area contributed by atoms with E-state index in [-0.39, 0.29) is 22.6 Å². The Morgan fingerprint density at radius 2 is 0.841 bits per heavy atom. The first-order valence-corrected chi connectivity index (χ1v) is 13.7. The number of benzene rings is 3. The molecule has 0 atom stereocenters. The van der Waals surface area contributed by atoms with Crippen LogP contribution in [0.1, 0.15) is 41.5 Å². The van der Waals surface area contributed by atoms with Crippen molar-refractivity contribution in [2.45, 2.75) is 41.5 Å². The van der Waals surface area contributed by atoms with E-state index in [2.05, 4.69) is 13.2 Å². The topological polar surface area (TPSA) is 105 Å². The Bertz CT molecular complexity index is 1560. The van der Waals surface area contributed by atoms with Crippen molar-refractivity contribution in [1.82, 2.24) is 0 Å². The van der Waals surface area contributed by atoms with Gasteiger partial charge in [0.1, 0.15) is 23.0 Å². The number of rotatable bonds is 10. The summed E-state index contributed by atoms with van der Waals surface area (Å²) in [7, 11) is 0. The molecule has 0 radical (unpaired) electrons. The van der Waals surface area contributed by atoms with E-state index in [1.807, 2.05) is 0 Å². The zero-order chi connectivity index (χ0) is 32.6. The Labute approximate surface area is 256 Å². The average Bonchev–Trinajstić information content (AvgIpc) is 3.01. The molecule has 0 unspecified atom stereocenters. The van der Waals surface area contributed by atoms with E-state index in [0.717, 1.165) is 0 Å². The highest BCUT2D eigenvalue weighted by atomic mass is 16.5. The second-order valence-electron chi connectivity index (χ2n) is 9.96. The second-order valence-corrected chi connectivity index (χ2v) is 9.96. The molecule has 0 aliphatic carbocycles. The van der Waals surface area contributed by atoms with E-state index in [0.29, 0.717) is 44.9 Å². The van der Waals surface area contributed by atoms with E-state index in [9.17, 15) is 19.2 Å². The van der Waals surface area contributed by atoms with Crippen LogP contribution in [0.15, 0.2) is 108 Å². The first-order valence-electron chi connectivity index (χ1n) is 13.7. The Balaban J connectivity index is 2.20. The van der Waals surface area contributed by atoms with Gasteiger partial charge in [-0.15, -0.1) is 0 Å². The molecule has 3 aromatic rings. The Kier molecular flexibility index (Phi) is 11.0. The van der Waals surface area contributed by atoms with Gasteiger partial charge >= 0.3 is 23.9 Å². The Hall–Kier alpha value is -5.50. The number of hydrogen-bond donors (Lipinski definition) is 0. The maximum absolute atomic E-state index is 12.9. The van der Waals surface area contributed by atoms with Crippen molar-refractivity contribution in [3.63, 3.8) is 0 Å². The summed E-state index contributed by atoms with van der Waals surface area (Å²) < 4.78 is 22.3. The molecule has 8 nitrogen and oxygen atoms in total. The lowest BCUT2D eigenvalue weighted by molar-refractivity contribution is -0.131. The first kappa shape index (κ1) is 33.0. The third kappa shape index (κ3) is 8.29. The SMILES string of the molecule is C=C(C)C(=O)Oc1ccc(-c2cc(OC(=O)/C(C)=C/C)c(-c3ccc(OC(=O)C(=C)C)cc3)cc2OC(=O)/C(C)=C/C)cc1. The maximum Gasteiger partial charge on any atom is 0.338 e. The van der Waals surface area contributed by atoms with Crippen molar-refractivity contribution < 1.29 is 38.1 Å². The number of allylic oxidation sites excluding steroid dienone is 2. The molecule has 0 amide bonds. The van der Waals surface area contributed by atoms with Gasteiger partial charge in [0.15, 0.2) is 0 Å². The summed E-state index contributed by atoms with van der Waals surface area (Å²) in [5.74, 6) is -1.28. The van der Waals surface area contributed by atoms with Crippen LogP contribution in [0.5, 0.6) is 23.0 Å². The van der Waals surface area contributed by atoms with Gasteiger partial charge in [-0.1, -0.05) is 49.6 Å². The molecule has 226 valence electrons. The van der Waals surface area contributed by atoms with E-state index in [1.54, 1.807) is 114 Å². The normalized spacial score (nSPS) is 11.3. The number of esters is 4. The summed E-state index contributed by atoms with van der Waals surface area (Å²) in [6.07, 6.45) is 3.27. The van der Waals surface area contributed by atoms with Gasteiger partial charge in [-0.05, 0) is 89.1 Å². The standard InChI is InChI=1S/C36H34O8/c1-9-23(7)35(39)43-31-19-30(26-13-17-28(18-14-26)42-34(38)22(5)6)32(44-36(40)24(8)10-2)20-29(31)25-11-15-27(16-12-25)41-33(37)21(3)4/h9-20H,3,5H2,1-2,4,6-8H3/b23-9+,24-10+.